The largest absolute Gasteiger partial charge is 0.366 e. The number of nitrogens with two attached hydrogens (primary N) is 1. The van der Waals surface area contributed by atoms with E-state index in [0.29, 0.717) is 17.1 Å². The molecule has 4 aromatic rings. The van der Waals surface area contributed by atoms with Crippen LogP contribution >= 0.6 is 11.6 Å². The molecule has 1 amide bonds. The molecule has 0 radical (unpaired) electrons. The van der Waals surface area contributed by atoms with Gasteiger partial charge in [-0.3, -0.25) is 4.79 Å². The predicted octanol–water partition coefficient (Wildman–Crippen LogP) is 4.60. The average molecular weight is 335 g/mol. The van der Waals surface area contributed by atoms with Gasteiger partial charge in [0.15, 0.2) is 0 Å². The van der Waals surface area contributed by atoms with Crippen molar-refractivity contribution >= 4 is 39.2 Å². The van der Waals surface area contributed by atoms with Crippen LogP contribution in [0.2, 0.25) is 5.02 Å². The van der Waals surface area contributed by atoms with E-state index in [4.69, 9.17) is 17.3 Å². The van der Waals surface area contributed by atoms with Gasteiger partial charge >= 0.3 is 0 Å². The molecule has 4 heteroatoms. The van der Waals surface area contributed by atoms with E-state index >= 15 is 0 Å². The van der Waals surface area contributed by atoms with Crippen molar-refractivity contribution in [1.82, 2.24) is 4.57 Å². The Hall–Kier alpha value is -2.78. The fourth-order valence-corrected chi connectivity index (χ4v) is 3.29. The third kappa shape index (κ3) is 2.53. The average Bonchev–Trinajstić information content (AvgIpc) is 2.93. The number of aromatic nitrogens is 1. The van der Waals surface area contributed by atoms with Crippen molar-refractivity contribution in [2.75, 3.05) is 0 Å². The van der Waals surface area contributed by atoms with Crippen molar-refractivity contribution in [3.63, 3.8) is 0 Å². The lowest BCUT2D eigenvalue weighted by Gasteiger charge is -2.07. The maximum Gasteiger partial charge on any atom is 0.250 e. The summed E-state index contributed by atoms with van der Waals surface area (Å²) in [5, 5.41) is 3.86. The maximum atomic E-state index is 11.7. The summed E-state index contributed by atoms with van der Waals surface area (Å²) in [7, 11) is 0. The molecule has 0 aliphatic rings. The Kier molecular flexibility index (Phi) is 3.51. The second-order valence-corrected chi connectivity index (χ2v) is 6.31. The molecular weight excluding hydrogens is 320 g/mol. The summed E-state index contributed by atoms with van der Waals surface area (Å²) < 4.78 is 2.02. The first-order valence-electron chi connectivity index (χ1n) is 7.68. The second kappa shape index (κ2) is 5.69. The van der Waals surface area contributed by atoms with Gasteiger partial charge < -0.3 is 10.3 Å². The smallest absolute Gasteiger partial charge is 0.250 e. The van der Waals surface area contributed by atoms with Crippen molar-refractivity contribution in [2.24, 2.45) is 5.73 Å². The molecule has 0 spiro atoms. The number of nitrogens with zero attached hydrogens (tertiary/aromatic N) is 1. The van der Waals surface area contributed by atoms with E-state index in [0.717, 1.165) is 16.5 Å². The zero-order chi connectivity index (χ0) is 16.7. The summed E-state index contributed by atoms with van der Waals surface area (Å²) in [5.74, 6) is -0.431. The normalized spacial score (nSPS) is 11.2. The Morgan fingerprint density at radius 2 is 1.79 bits per heavy atom. The summed E-state index contributed by atoms with van der Waals surface area (Å²) in [4.78, 5) is 11.7. The van der Waals surface area contributed by atoms with Gasteiger partial charge in [0.1, 0.15) is 0 Å². The van der Waals surface area contributed by atoms with E-state index in [2.05, 4.69) is 30.3 Å². The molecule has 3 nitrogen and oxygen atoms in total. The number of benzene rings is 3. The van der Waals surface area contributed by atoms with Gasteiger partial charge in [0, 0.05) is 23.2 Å². The SMILES string of the molecule is NC(=O)c1cn(Cc2ccc3ccccc3c2)c2cc(Cl)ccc12. The number of fused-ring (bicyclic) bond motifs is 2. The van der Waals surface area contributed by atoms with Gasteiger partial charge in [-0.25, -0.2) is 0 Å². The summed E-state index contributed by atoms with van der Waals surface area (Å²) in [6, 6.07) is 20.1. The van der Waals surface area contributed by atoms with Crippen LogP contribution in [0.5, 0.6) is 0 Å². The van der Waals surface area contributed by atoms with Crippen LogP contribution < -0.4 is 5.73 Å². The van der Waals surface area contributed by atoms with E-state index in [1.165, 1.54) is 10.8 Å². The highest BCUT2D eigenvalue weighted by molar-refractivity contribution is 6.31. The highest BCUT2D eigenvalue weighted by atomic mass is 35.5. The first kappa shape index (κ1) is 14.8. The molecule has 0 saturated carbocycles. The van der Waals surface area contributed by atoms with Gasteiger partial charge in [-0.15, -0.1) is 0 Å². The third-order valence-electron chi connectivity index (χ3n) is 4.28. The molecule has 0 bridgehead atoms. The van der Waals surface area contributed by atoms with E-state index in [1.807, 2.05) is 28.8 Å². The lowest BCUT2D eigenvalue weighted by atomic mass is 10.1. The lowest BCUT2D eigenvalue weighted by molar-refractivity contribution is 0.100. The predicted molar refractivity (Wildman–Crippen MR) is 98.5 cm³/mol. The molecule has 0 saturated heterocycles. The van der Waals surface area contributed by atoms with Gasteiger partial charge in [0.2, 0.25) is 0 Å². The van der Waals surface area contributed by atoms with Crippen LogP contribution in [0, 0.1) is 0 Å². The quantitative estimate of drug-likeness (QED) is 0.585. The van der Waals surface area contributed by atoms with Crippen LogP contribution in [0.25, 0.3) is 21.7 Å². The number of amides is 1. The fraction of sp³-hybridized carbons (Fsp3) is 0.0500. The zero-order valence-electron chi connectivity index (χ0n) is 12.9. The number of halogens is 1. The Bertz CT molecular complexity index is 1080. The molecule has 2 N–H and O–H groups in total. The molecule has 4 rings (SSSR count). The van der Waals surface area contributed by atoms with Crippen molar-refractivity contribution < 1.29 is 4.79 Å². The first-order chi connectivity index (χ1) is 11.6. The number of carbonyl (C=O) groups excluding carboxylic acids is 1. The monoisotopic (exact) mass is 334 g/mol. The van der Waals surface area contributed by atoms with Crippen molar-refractivity contribution in [2.45, 2.75) is 6.54 Å². The Morgan fingerprint density at radius 3 is 2.58 bits per heavy atom. The number of rotatable bonds is 3. The maximum absolute atomic E-state index is 11.7. The van der Waals surface area contributed by atoms with E-state index in [-0.39, 0.29) is 0 Å². The van der Waals surface area contributed by atoms with E-state index in [1.54, 1.807) is 12.3 Å². The second-order valence-electron chi connectivity index (χ2n) is 5.88. The van der Waals surface area contributed by atoms with E-state index < -0.39 is 5.91 Å². The molecular formula is C20H15ClN2O. The lowest BCUT2D eigenvalue weighted by Crippen LogP contribution is -2.10. The van der Waals surface area contributed by atoms with Crippen LogP contribution in [0.1, 0.15) is 15.9 Å². The number of primary amides is 1. The minimum atomic E-state index is -0.431. The highest BCUT2D eigenvalue weighted by Crippen LogP contribution is 2.26. The van der Waals surface area contributed by atoms with E-state index in [9.17, 15) is 4.79 Å². The summed E-state index contributed by atoms with van der Waals surface area (Å²) in [6.45, 7) is 0.648. The molecule has 0 unspecified atom stereocenters. The molecule has 0 atom stereocenters. The minimum Gasteiger partial charge on any atom is -0.366 e. The van der Waals surface area contributed by atoms with Crippen LogP contribution in [0.15, 0.2) is 66.9 Å². The van der Waals surface area contributed by atoms with Gasteiger partial charge in [0.05, 0.1) is 11.1 Å². The Morgan fingerprint density at radius 1 is 1.00 bits per heavy atom. The van der Waals surface area contributed by atoms with Crippen LogP contribution in [-0.2, 0) is 6.54 Å². The minimum absolute atomic E-state index is 0.431. The van der Waals surface area contributed by atoms with Gasteiger partial charge in [0.25, 0.3) is 5.91 Å². The van der Waals surface area contributed by atoms with Gasteiger partial charge in [-0.1, -0.05) is 54.1 Å². The number of carbonyl (C=O) groups is 1. The van der Waals surface area contributed by atoms with Crippen LogP contribution in [-0.4, -0.2) is 10.5 Å². The topological polar surface area (TPSA) is 48.0 Å². The molecule has 0 aliphatic carbocycles. The van der Waals surface area contributed by atoms with Crippen molar-refractivity contribution in [3.8, 4) is 0 Å². The molecule has 3 aromatic carbocycles. The van der Waals surface area contributed by atoms with Crippen LogP contribution in [0.3, 0.4) is 0 Å². The number of hydrogen-bond acceptors (Lipinski definition) is 1. The Balaban J connectivity index is 1.83. The van der Waals surface area contributed by atoms with Crippen molar-refractivity contribution in [1.29, 1.82) is 0 Å². The number of hydrogen-bond donors (Lipinski definition) is 1. The molecule has 0 fully saturated rings. The zero-order valence-corrected chi connectivity index (χ0v) is 13.6. The fourth-order valence-electron chi connectivity index (χ4n) is 3.13. The Labute approximate surface area is 144 Å². The summed E-state index contributed by atoms with van der Waals surface area (Å²) in [6.07, 6.45) is 1.80. The summed E-state index contributed by atoms with van der Waals surface area (Å²) in [5.41, 5.74) is 8.09. The van der Waals surface area contributed by atoms with Crippen molar-refractivity contribution in [3.05, 3.63) is 83.0 Å². The first-order valence-corrected chi connectivity index (χ1v) is 8.05. The van der Waals surface area contributed by atoms with Gasteiger partial charge in [-0.05, 0) is 34.5 Å². The molecule has 1 heterocycles. The standard InChI is InChI=1S/C20H15ClN2O/c21-16-7-8-17-18(20(22)24)12-23(19(17)10-16)11-13-5-6-14-3-1-2-4-15(14)9-13/h1-10,12H,11H2,(H2,22,24). The molecule has 118 valence electrons. The van der Waals surface area contributed by atoms with Gasteiger partial charge in [-0.2, -0.15) is 0 Å². The third-order valence-corrected chi connectivity index (χ3v) is 4.51. The summed E-state index contributed by atoms with van der Waals surface area (Å²) >= 11 is 6.13. The molecule has 24 heavy (non-hydrogen) atoms. The molecule has 1 aromatic heterocycles. The highest BCUT2D eigenvalue weighted by Gasteiger charge is 2.13. The van der Waals surface area contributed by atoms with Crippen LogP contribution in [0.4, 0.5) is 0 Å². The molecule has 0 aliphatic heterocycles.